The van der Waals surface area contributed by atoms with E-state index in [9.17, 15) is 13.2 Å². The number of carbonyl (C=O) groups is 1. The maximum absolute atomic E-state index is 12.9. The average Bonchev–Trinajstić information content (AvgIpc) is 2.63. The van der Waals surface area contributed by atoms with Gasteiger partial charge < -0.3 is 10.1 Å². The number of amides is 1. The maximum Gasteiger partial charge on any atom is 0.247 e. The molecule has 1 N–H and O–H groups in total. The Balaban J connectivity index is 2.13. The Morgan fingerprint density at radius 3 is 2.52 bits per heavy atom. The second kappa shape index (κ2) is 9.21. The van der Waals surface area contributed by atoms with Crippen molar-refractivity contribution in [1.82, 2.24) is 9.62 Å². The zero-order valence-electron chi connectivity index (χ0n) is 15.5. The van der Waals surface area contributed by atoms with Gasteiger partial charge in [-0.05, 0) is 37.6 Å². The minimum Gasteiger partial charge on any atom is -0.492 e. The molecule has 1 unspecified atom stereocenters. The predicted octanol–water partition coefficient (Wildman–Crippen LogP) is 3.24. The lowest BCUT2D eigenvalue weighted by molar-refractivity contribution is -0.121. The van der Waals surface area contributed by atoms with E-state index in [1.807, 2.05) is 37.3 Å². The summed E-state index contributed by atoms with van der Waals surface area (Å²) in [6.07, 6.45) is 0. The molecular weight excluding hydrogens is 388 g/mol. The first-order valence-corrected chi connectivity index (χ1v) is 10.3. The van der Waals surface area contributed by atoms with Gasteiger partial charge in [-0.3, -0.25) is 4.79 Å². The van der Waals surface area contributed by atoms with Gasteiger partial charge in [0.05, 0.1) is 19.2 Å². The first-order chi connectivity index (χ1) is 12.8. The van der Waals surface area contributed by atoms with Gasteiger partial charge in [0, 0.05) is 12.1 Å². The summed E-state index contributed by atoms with van der Waals surface area (Å²) < 4.78 is 32.1. The topological polar surface area (TPSA) is 75.7 Å². The summed E-state index contributed by atoms with van der Waals surface area (Å²) in [7, 11) is -2.60. The second-order valence-electron chi connectivity index (χ2n) is 5.99. The van der Waals surface area contributed by atoms with E-state index in [-0.39, 0.29) is 28.3 Å². The highest BCUT2D eigenvalue weighted by atomic mass is 35.5. The summed E-state index contributed by atoms with van der Waals surface area (Å²) in [5.41, 5.74) is 0.935. The molecule has 146 valence electrons. The van der Waals surface area contributed by atoms with Crippen molar-refractivity contribution in [3.63, 3.8) is 0 Å². The number of benzene rings is 2. The van der Waals surface area contributed by atoms with E-state index in [1.165, 1.54) is 19.2 Å². The van der Waals surface area contributed by atoms with Crippen LogP contribution in [0.15, 0.2) is 53.4 Å². The average molecular weight is 411 g/mol. The second-order valence-corrected chi connectivity index (χ2v) is 8.43. The molecule has 0 heterocycles. The lowest BCUT2D eigenvalue weighted by atomic mass is 10.1. The van der Waals surface area contributed by atoms with E-state index in [0.29, 0.717) is 6.61 Å². The van der Waals surface area contributed by atoms with Crippen molar-refractivity contribution in [2.24, 2.45) is 0 Å². The van der Waals surface area contributed by atoms with Crippen LogP contribution in [0.1, 0.15) is 25.5 Å². The van der Waals surface area contributed by atoms with Gasteiger partial charge in [-0.2, -0.15) is 4.31 Å². The number of rotatable bonds is 8. The minimum atomic E-state index is -3.95. The number of hydrogen-bond donors (Lipinski definition) is 1. The number of nitrogens with one attached hydrogen (secondary N) is 1. The van der Waals surface area contributed by atoms with Crippen LogP contribution in [-0.4, -0.2) is 38.8 Å². The van der Waals surface area contributed by atoms with Crippen LogP contribution in [-0.2, 0) is 14.8 Å². The highest BCUT2D eigenvalue weighted by molar-refractivity contribution is 7.89. The van der Waals surface area contributed by atoms with Crippen LogP contribution in [0, 0.1) is 0 Å². The molecule has 2 aromatic rings. The molecule has 8 heteroatoms. The molecule has 1 atom stereocenters. The zero-order valence-corrected chi connectivity index (χ0v) is 17.0. The maximum atomic E-state index is 12.9. The van der Waals surface area contributed by atoms with Crippen LogP contribution in [0.5, 0.6) is 5.75 Å². The minimum absolute atomic E-state index is 0.0664. The van der Waals surface area contributed by atoms with Crippen LogP contribution in [0.4, 0.5) is 0 Å². The molecule has 0 saturated carbocycles. The first kappa shape index (κ1) is 21.2. The number of sulfonamides is 1. The van der Waals surface area contributed by atoms with Gasteiger partial charge in [0.2, 0.25) is 15.9 Å². The molecule has 2 rings (SSSR count). The van der Waals surface area contributed by atoms with Crippen molar-refractivity contribution < 1.29 is 17.9 Å². The van der Waals surface area contributed by atoms with Crippen molar-refractivity contribution in [3.05, 3.63) is 59.1 Å². The molecule has 0 spiro atoms. The lowest BCUT2D eigenvalue weighted by Crippen LogP contribution is -2.39. The van der Waals surface area contributed by atoms with Crippen LogP contribution in [0.3, 0.4) is 0 Å². The van der Waals surface area contributed by atoms with E-state index in [4.69, 9.17) is 16.3 Å². The van der Waals surface area contributed by atoms with Crippen molar-refractivity contribution in [2.45, 2.75) is 24.8 Å². The Labute approximate surface area is 165 Å². The first-order valence-electron chi connectivity index (χ1n) is 8.48. The van der Waals surface area contributed by atoms with E-state index in [2.05, 4.69) is 5.32 Å². The van der Waals surface area contributed by atoms with Gasteiger partial charge >= 0.3 is 0 Å². The van der Waals surface area contributed by atoms with Crippen molar-refractivity contribution >= 4 is 27.5 Å². The zero-order chi connectivity index (χ0) is 20.0. The molecule has 0 aliphatic carbocycles. The van der Waals surface area contributed by atoms with Crippen LogP contribution in [0.2, 0.25) is 5.02 Å². The summed E-state index contributed by atoms with van der Waals surface area (Å²) in [6, 6.07) is 13.6. The summed E-state index contributed by atoms with van der Waals surface area (Å²) in [4.78, 5) is 12.3. The smallest absolute Gasteiger partial charge is 0.247 e. The standard InChI is InChI=1S/C19H23ClN2O4S/c1-4-26-17-11-10-16(20)12-18(17)27(24,25)22(3)13-19(23)21-14(2)15-8-6-5-7-9-15/h5-12,14H,4,13H2,1-3H3,(H,21,23). The Hall–Kier alpha value is -2.09. The predicted molar refractivity (Wildman–Crippen MR) is 105 cm³/mol. The van der Waals surface area contributed by atoms with Crippen molar-refractivity contribution in [1.29, 1.82) is 0 Å². The van der Waals surface area contributed by atoms with E-state index < -0.39 is 15.9 Å². The fraction of sp³-hybridized carbons (Fsp3) is 0.316. The monoisotopic (exact) mass is 410 g/mol. The van der Waals surface area contributed by atoms with E-state index in [0.717, 1.165) is 9.87 Å². The molecule has 2 aromatic carbocycles. The van der Waals surface area contributed by atoms with Crippen LogP contribution < -0.4 is 10.1 Å². The summed E-state index contributed by atoms with van der Waals surface area (Å²) >= 11 is 5.95. The molecule has 0 fully saturated rings. The fourth-order valence-corrected chi connectivity index (χ4v) is 4.04. The molecule has 0 saturated heterocycles. The van der Waals surface area contributed by atoms with Crippen LogP contribution >= 0.6 is 11.6 Å². The third kappa shape index (κ3) is 5.45. The van der Waals surface area contributed by atoms with E-state index >= 15 is 0 Å². The Morgan fingerprint density at radius 2 is 1.89 bits per heavy atom. The largest absolute Gasteiger partial charge is 0.492 e. The van der Waals surface area contributed by atoms with Crippen molar-refractivity contribution in [2.75, 3.05) is 20.2 Å². The quantitative estimate of drug-likeness (QED) is 0.724. The normalized spacial score (nSPS) is 12.6. The number of likely N-dealkylation sites (N-methyl/N-ethyl adjacent to an activating group) is 1. The molecule has 0 bridgehead atoms. The summed E-state index contributed by atoms with van der Waals surface area (Å²) in [5, 5.41) is 3.07. The summed E-state index contributed by atoms with van der Waals surface area (Å²) in [6.45, 7) is 3.58. The summed E-state index contributed by atoms with van der Waals surface area (Å²) in [5.74, 6) is -0.204. The van der Waals surface area contributed by atoms with Gasteiger partial charge in [0.25, 0.3) is 0 Å². The third-order valence-corrected chi connectivity index (χ3v) is 6.00. The Kier molecular flexibility index (Phi) is 7.24. The molecule has 0 aliphatic heterocycles. The van der Waals surface area contributed by atoms with Crippen LogP contribution in [0.25, 0.3) is 0 Å². The highest BCUT2D eigenvalue weighted by Gasteiger charge is 2.27. The van der Waals surface area contributed by atoms with Gasteiger partial charge in [0.15, 0.2) is 0 Å². The van der Waals surface area contributed by atoms with Gasteiger partial charge in [0.1, 0.15) is 10.6 Å². The number of halogens is 1. The molecule has 1 amide bonds. The van der Waals surface area contributed by atoms with Gasteiger partial charge in [-0.15, -0.1) is 0 Å². The Bertz CT molecular complexity index is 888. The van der Waals surface area contributed by atoms with E-state index in [1.54, 1.807) is 13.0 Å². The SMILES string of the molecule is CCOc1ccc(Cl)cc1S(=O)(=O)N(C)CC(=O)NC(C)c1ccccc1. The lowest BCUT2D eigenvalue weighted by Gasteiger charge is -2.20. The fourth-order valence-electron chi connectivity index (χ4n) is 2.53. The highest BCUT2D eigenvalue weighted by Crippen LogP contribution is 2.29. The Morgan fingerprint density at radius 1 is 1.22 bits per heavy atom. The van der Waals surface area contributed by atoms with Crippen molar-refractivity contribution in [3.8, 4) is 5.75 Å². The molecule has 6 nitrogen and oxygen atoms in total. The van der Waals surface area contributed by atoms with Gasteiger partial charge in [-0.25, -0.2) is 8.42 Å². The molecule has 0 aromatic heterocycles. The molecule has 0 aliphatic rings. The molecule has 27 heavy (non-hydrogen) atoms. The van der Waals surface area contributed by atoms with Gasteiger partial charge in [-0.1, -0.05) is 41.9 Å². The number of carbonyl (C=O) groups excluding carboxylic acids is 1. The third-order valence-electron chi connectivity index (χ3n) is 3.94. The molecule has 0 radical (unpaired) electrons. The molecular formula is C19H23ClN2O4S. The number of ether oxygens (including phenoxy) is 1. The number of hydrogen-bond acceptors (Lipinski definition) is 4. The number of nitrogens with zero attached hydrogens (tertiary/aromatic N) is 1.